The molecule has 22 heavy (non-hydrogen) atoms. The number of allylic oxidation sites excluding steroid dienone is 1. The highest BCUT2D eigenvalue weighted by atomic mass is 79.9. The van der Waals surface area contributed by atoms with Crippen molar-refractivity contribution in [3.8, 4) is 5.75 Å². The Hall–Kier alpha value is -2.40. The van der Waals surface area contributed by atoms with Gasteiger partial charge in [0, 0.05) is 10.0 Å². The number of aromatic hydroxyl groups is 1. The van der Waals surface area contributed by atoms with Gasteiger partial charge in [-0.15, -0.1) is 0 Å². The number of hydrogen-bond acceptors (Lipinski definition) is 4. The van der Waals surface area contributed by atoms with E-state index in [-0.39, 0.29) is 34.0 Å². The van der Waals surface area contributed by atoms with Crippen molar-refractivity contribution < 1.29 is 14.7 Å². The van der Waals surface area contributed by atoms with Crippen LogP contribution in [0, 0.1) is 0 Å². The van der Waals surface area contributed by atoms with Crippen LogP contribution in [0.15, 0.2) is 47.1 Å². The van der Waals surface area contributed by atoms with Crippen LogP contribution < -0.4 is 5.32 Å². The van der Waals surface area contributed by atoms with Crippen LogP contribution in [0.5, 0.6) is 5.75 Å². The van der Waals surface area contributed by atoms with Crippen LogP contribution in [0.2, 0.25) is 0 Å². The fourth-order valence-electron chi connectivity index (χ4n) is 2.56. The van der Waals surface area contributed by atoms with Gasteiger partial charge in [-0.25, -0.2) is 0 Å². The van der Waals surface area contributed by atoms with Gasteiger partial charge in [0.15, 0.2) is 11.6 Å². The molecule has 3 rings (SSSR count). The van der Waals surface area contributed by atoms with Crippen molar-refractivity contribution in [3.63, 3.8) is 0 Å². The van der Waals surface area contributed by atoms with Crippen molar-refractivity contribution in [2.45, 2.75) is 6.92 Å². The number of carbonyl (C=O) groups is 2. The minimum atomic E-state index is -0.362. The van der Waals surface area contributed by atoms with Gasteiger partial charge in [0.05, 0.1) is 22.4 Å². The smallest absolute Gasteiger partial charge is 0.199 e. The maximum Gasteiger partial charge on any atom is 0.199 e. The zero-order valence-corrected chi connectivity index (χ0v) is 13.3. The molecular weight excluding hydrogens is 346 g/mol. The van der Waals surface area contributed by atoms with Crippen molar-refractivity contribution in [3.05, 3.63) is 69.3 Å². The van der Waals surface area contributed by atoms with Crippen LogP contribution in [0.1, 0.15) is 38.8 Å². The molecule has 0 spiro atoms. The summed E-state index contributed by atoms with van der Waals surface area (Å²) in [5, 5.41) is 13.0. The number of phenols is 1. The number of carbonyl (C=O) groups excluding carboxylic acids is 2. The van der Waals surface area contributed by atoms with Crippen LogP contribution in [0.25, 0.3) is 0 Å². The summed E-state index contributed by atoms with van der Waals surface area (Å²) in [7, 11) is 0. The monoisotopic (exact) mass is 357 g/mol. The highest BCUT2D eigenvalue weighted by Gasteiger charge is 2.35. The molecular formula is C17H12BrNO3. The molecule has 0 saturated carbocycles. The van der Waals surface area contributed by atoms with Crippen molar-refractivity contribution in [2.75, 3.05) is 5.32 Å². The van der Waals surface area contributed by atoms with Crippen molar-refractivity contribution >= 4 is 33.2 Å². The molecule has 0 aromatic heterocycles. The number of rotatable bonds is 2. The second kappa shape index (κ2) is 5.42. The van der Waals surface area contributed by atoms with E-state index in [0.29, 0.717) is 15.7 Å². The minimum absolute atomic E-state index is 0.0592. The van der Waals surface area contributed by atoms with Crippen LogP contribution in [-0.2, 0) is 0 Å². The first-order valence-corrected chi connectivity index (χ1v) is 7.47. The highest BCUT2D eigenvalue weighted by molar-refractivity contribution is 9.10. The standard InChI is InChI=1S/C17H12BrNO3/c1-2-8-19-11-7-6-10(18)14-15(11)16(21)9-4-3-5-12(20)13(9)17(14)22/h2-8,19-20H,1H3. The molecule has 0 heterocycles. The van der Waals surface area contributed by atoms with Crippen molar-refractivity contribution in [1.29, 1.82) is 0 Å². The van der Waals surface area contributed by atoms with Crippen LogP contribution in [0.4, 0.5) is 5.69 Å². The van der Waals surface area contributed by atoms with Gasteiger partial charge < -0.3 is 10.4 Å². The summed E-state index contributed by atoms with van der Waals surface area (Å²) in [5.74, 6) is -0.826. The van der Waals surface area contributed by atoms with Crippen molar-refractivity contribution in [2.24, 2.45) is 0 Å². The van der Waals surface area contributed by atoms with Crippen LogP contribution in [-0.4, -0.2) is 16.7 Å². The number of halogens is 1. The molecule has 2 N–H and O–H groups in total. The first-order valence-electron chi connectivity index (χ1n) is 6.67. The summed E-state index contributed by atoms with van der Waals surface area (Å²) < 4.78 is 0.529. The Morgan fingerprint density at radius 3 is 2.55 bits per heavy atom. The molecule has 0 unspecified atom stereocenters. The second-order valence-corrected chi connectivity index (χ2v) is 5.70. The number of phenolic OH excluding ortho intramolecular Hbond substituents is 1. The van der Waals surface area contributed by atoms with E-state index in [1.165, 1.54) is 6.07 Å². The minimum Gasteiger partial charge on any atom is -0.507 e. The maximum absolute atomic E-state index is 12.8. The van der Waals surface area contributed by atoms with Gasteiger partial charge in [-0.2, -0.15) is 0 Å². The van der Waals surface area contributed by atoms with E-state index in [0.717, 1.165) is 0 Å². The molecule has 110 valence electrons. The molecule has 4 nitrogen and oxygen atoms in total. The lowest BCUT2D eigenvalue weighted by Gasteiger charge is -2.21. The maximum atomic E-state index is 12.8. The summed E-state index contributed by atoms with van der Waals surface area (Å²) in [6.45, 7) is 1.85. The second-order valence-electron chi connectivity index (χ2n) is 4.85. The predicted molar refractivity (Wildman–Crippen MR) is 87.6 cm³/mol. The lowest BCUT2D eigenvalue weighted by Crippen LogP contribution is -2.22. The van der Waals surface area contributed by atoms with Crippen LogP contribution >= 0.6 is 15.9 Å². The molecule has 0 bridgehead atoms. The SMILES string of the molecule is CC=CNc1ccc(Br)c2c1C(=O)c1cccc(O)c1C2=O. The number of ketones is 2. The number of hydrogen-bond donors (Lipinski definition) is 2. The number of anilines is 1. The molecule has 2 aromatic rings. The molecule has 1 aliphatic rings. The molecule has 0 saturated heterocycles. The molecule has 0 radical (unpaired) electrons. The Balaban J connectivity index is 2.31. The first kappa shape index (κ1) is 14.5. The largest absolute Gasteiger partial charge is 0.507 e. The molecule has 0 atom stereocenters. The zero-order valence-electron chi connectivity index (χ0n) is 11.7. The van der Waals surface area contributed by atoms with Gasteiger partial charge >= 0.3 is 0 Å². The fraction of sp³-hybridized carbons (Fsp3) is 0.0588. The molecule has 0 fully saturated rings. The lowest BCUT2D eigenvalue weighted by atomic mass is 9.82. The Bertz CT molecular complexity index is 840. The van der Waals surface area contributed by atoms with Gasteiger partial charge in [-0.3, -0.25) is 9.59 Å². The highest BCUT2D eigenvalue weighted by Crippen LogP contribution is 2.38. The van der Waals surface area contributed by atoms with Gasteiger partial charge in [-0.05, 0) is 31.3 Å². The summed E-state index contributed by atoms with van der Waals surface area (Å²) in [5.41, 5.74) is 1.43. The Morgan fingerprint density at radius 2 is 1.82 bits per heavy atom. The van der Waals surface area contributed by atoms with Gasteiger partial charge in [-0.1, -0.05) is 34.1 Å². The van der Waals surface area contributed by atoms with E-state index in [9.17, 15) is 14.7 Å². The Labute approximate surface area is 135 Å². The average molecular weight is 358 g/mol. The fourth-order valence-corrected chi connectivity index (χ4v) is 3.07. The van der Waals surface area contributed by atoms with E-state index >= 15 is 0 Å². The molecule has 0 amide bonds. The van der Waals surface area contributed by atoms with Gasteiger partial charge in [0.1, 0.15) is 5.75 Å². The lowest BCUT2D eigenvalue weighted by molar-refractivity contribution is 0.0976. The van der Waals surface area contributed by atoms with E-state index in [2.05, 4.69) is 21.2 Å². The van der Waals surface area contributed by atoms with E-state index in [1.54, 1.807) is 36.5 Å². The molecule has 2 aromatic carbocycles. The third-order valence-corrected chi connectivity index (χ3v) is 4.19. The van der Waals surface area contributed by atoms with E-state index < -0.39 is 0 Å². The first-order chi connectivity index (χ1) is 10.6. The third-order valence-electron chi connectivity index (χ3n) is 3.53. The zero-order chi connectivity index (χ0) is 15.9. The topological polar surface area (TPSA) is 66.4 Å². The molecule has 5 heteroatoms. The van der Waals surface area contributed by atoms with E-state index in [4.69, 9.17) is 0 Å². The number of benzene rings is 2. The average Bonchev–Trinajstić information content (AvgIpc) is 2.51. The summed E-state index contributed by atoms with van der Waals surface area (Å²) in [4.78, 5) is 25.5. The quantitative estimate of drug-likeness (QED) is 0.730. The number of fused-ring (bicyclic) bond motifs is 2. The number of nitrogens with one attached hydrogen (secondary N) is 1. The van der Waals surface area contributed by atoms with Gasteiger partial charge in [0.2, 0.25) is 0 Å². The van der Waals surface area contributed by atoms with Crippen molar-refractivity contribution in [1.82, 2.24) is 0 Å². The van der Waals surface area contributed by atoms with Crippen LogP contribution in [0.3, 0.4) is 0 Å². The molecule has 1 aliphatic carbocycles. The molecule has 0 aliphatic heterocycles. The Kier molecular flexibility index (Phi) is 3.58. The normalized spacial score (nSPS) is 13.2. The Morgan fingerprint density at radius 1 is 1.05 bits per heavy atom. The van der Waals surface area contributed by atoms with E-state index in [1.807, 2.05) is 6.92 Å². The summed E-state index contributed by atoms with van der Waals surface area (Å²) in [6, 6.07) is 7.97. The summed E-state index contributed by atoms with van der Waals surface area (Å²) in [6.07, 6.45) is 3.49. The van der Waals surface area contributed by atoms with Gasteiger partial charge in [0.25, 0.3) is 0 Å². The predicted octanol–water partition coefficient (Wildman–Crippen LogP) is 3.88. The third kappa shape index (κ3) is 2.05. The summed E-state index contributed by atoms with van der Waals surface area (Å²) >= 11 is 3.33.